The Bertz CT molecular complexity index is 1110. The second-order valence-corrected chi connectivity index (χ2v) is 7.30. The van der Waals surface area contributed by atoms with Gasteiger partial charge in [-0.3, -0.25) is 4.79 Å². The minimum atomic E-state index is -0.0542. The SMILES string of the molecule is CN1C(c2ccccc2)=CC(c2ccccc2)=C/C1=C\C(=O)c1ccc(Cl)cc1. The molecule has 4 rings (SSSR count). The van der Waals surface area contributed by atoms with Crippen molar-refractivity contribution >= 4 is 28.7 Å². The Morgan fingerprint density at radius 3 is 2.00 bits per heavy atom. The van der Waals surface area contributed by atoms with Gasteiger partial charge in [-0.05, 0) is 53.1 Å². The van der Waals surface area contributed by atoms with Gasteiger partial charge in [-0.1, -0.05) is 72.3 Å². The van der Waals surface area contributed by atoms with E-state index in [1.54, 1.807) is 30.3 Å². The fourth-order valence-corrected chi connectivity index (χ4v) is 3.46. The number of hydrogen-bond donors (Lipinski definition) is 0. The van der Waals surface area contributed by atoms with E-state index in [4.69, 9.17) is 11.6 Å². The summed E-state index contributed by atoms with van der Waals surface area (Å²) in [7, 11) is 1.98. The molecule has 1 aliphatic rings. The molecular formula is C26H20ClNO. The van der Waals surface area contributed by atoms with Crippen molar-refractivity contribution < 1.29 is 4.79 Å². The van der Waals surface area contributed by atoms with Gasteiger partial charge in [0.2, 0.25) is 0 Å². The number of carbonyl (C=O) groups excluding carboxylic acids is 1. The smallest absolute Gasteiger partial charge is 0.187 e. The van der Waals surface area contributed by atoms with Crippen molar-refractivity contribution in [3.63, 3.8) is 0 Å². The third-order valence-corrected chi connectivity index (χ3v) is 5.18. The van der Waals surface area contributed by atoms with Crippen LogP contribution in [0.4, 0.5) is 0 Å². The molecule has 0 atom stereocenters. The Kier molecular flexibility index (Phi) is 5.46. The Morgan fingerprint density at radius 2 is 1.38 bits per heavy atom. The van der Waals surface area contributed by atoms with Gasteiger partial charge in [-0.2, -0.15) is 0 Å². The van der Waals surface area contributed by atoms with Crippen molar-refractivity contribution in [2.75, 3.05) is 7.05 Å². The predicted octanol–water partition coefficient (Wildman–Crippen LogP) is 6.48. The Labute approximate surface area is 176 Å². The van der Waals surface area contributed by atoms with Crippen LogP contribution in [-0.4, -0.2) is 17.7 Å². The number of benzene rings is 3. The predicted molar refractivity (Wildman–Crippen MR) is 120 cm³/mol. The summed E-state index contributed by atoms with van der Waals surface area (Å²) in [6.45, 7) is 0. The number of nitrogens with zero attached hydrogens (tertiary/aromatic N) is 1. The van der Waals surface area contributed by atoms with Crippen LogP contribution in [0.2, 0.25) is 5.02 Å². The molecule has 0 aromatic heterocycles. The first kappa shape index (κ1) is 19.0. The van der Waals surface area contributed by atoms with E-state index >= 15 is 0 Å². The molecule has 142 valence electrons. The van der Waals surface area contributed by atoms with E-state index in [0.717, 1.165) is 28.1 Å². The zero-order chi connectivity index (χ0) is 20.2. The molecule has 0 saturated carbocycles. The van der Waals surface area contributed by atoms with Crippen molar-refractivity contribution in [3.8, 4) is 0 Å². The first-order valence-electron chi connectivity index (χ1n) is 9.41. The summed E-state index contributed by atoms with van der Waals surface area (Å²) in [5, 5.41) is 0.615. The van der Waals surface area contributed by atoms with Crippen molar-refractivity contribution in [2.45, 2.75) is 0 Å². The number of carbonyl (C=O) groups is 1. The number of allylic oxidation sites excluding steroid dienone is 4. The van der Waals surface area contributed by atoms with E-state index in [0.29, 0.717) is 10.6 Å². The fourth-order valence-electron chi connectivity index (χ4n) is 3.33. The molecule has 3 heteroatoms. The van der Waals surface area contributed by atoms with Crippen LogP contribution in [0.25, 0.3) is 11.3 Å². The second-order valence-electron chi connectivity index (χ2n) is 6.86. The van der Waals surface area contributed by atoms with Gasteiger partial charge < -0.3 is 4.90 Å². The van der Waals surface area contributed by atoms with E-state index in [9.17, 15) is 4.79 Å². The first-order valence-corrected chi connectivity index (χ1v) is 9.79. The molecule has 0 fully saturated rings. The number of likely N-dealkylation sites (N-methyl/N-ethyl adjacent to an activating group) is 1. The molecule has 2 nitrogen and oxygen atoms in total. The minimum Gasteiger partial charge on any atom is -0.344 e. The van der Waals surface area contributed by atoms with Gasteiger partial charge in [0.1, 0.15) is 0 Å². The van der Waals surface area contributed by atoms with Crippen LogP contribution >= 0.6 is 11.6 Å². The molecule has 29 heavy (non-hydrogen) atoms. The quantitative estimate of drug-likeness (QED) is 0.371. The molecule has 0 unspecified atom stereocenters. The van der Waals surface area contributed by atoms with Crippen molar-refractivity contribution in [2.24, 2.45) is 0 Å². The molecule has 1 aliphatic heterocycles. The summed E-state index contributed by atoms with van der Waals surface area (Å²) in [6, 6.07) is 27.4. The molecule has 0 radical (unpaired) electrons. The van der Waals surface area contributed by atoms with Gasteiger partial charge in [0.15, 0.2) is 5.78 Å². The normalized spacial score (nSPS) is 15.1. The Morgan fingerprint density at radius 1 is 0.793 bits per heavy atom. The number of ketones is 1. The van der Waals surface area contributed by atoms with Crippen LogP contribution in [0.1, 0.15) is 21.5 Å². The zero-order valence-electron chi connectivity index (χ0n) is 16.0. The Hall–Kier alpha value is -3.36. The largest absolute Gasteiger partial charge is 0.344 e. The molecule has 3 aromatic carbocycles. The maximum absolute atomic E-state index is 12.9. The lowest BCUT2D eigenvalue weighted by molar-refractivity contribution is 0.104. The second kappa shape index (κ2) is 8.34. The maximum atomic E-state index is 12.9. The Balaban J connectivity index is 1.78. The summed E-state index contributed by atoms with van der Waals surface area (Å²) in [4.78, 5) is 14.9. The standard InChI is InChI=1S/C26H20ClNO/c1-28-24(18-26(29)21-12-14-23(27)15-13-21)16-22(19-8-4-2-5-9-19)17-25(28)20-10-6-3-7-11-20/h2-18H,1H3/b24-18+. The van der Waals surface area contributed by atoms with Crippen molar-refractivity contribution in [1.82, 2.24) is 4.90 Å². The van der Waals surface area contributed by atoms with Crippen molar-refractivity contribution in [3.05, 3.63) is 131 Å². The van der Waals surface area contributed by atoms with Crippen LogP contribution in [0.5, 0.6) is 0 Å². The maximum Gasteiger partial charge on any atom is 0.187 e. The number of halogens is 1. The third kappa shape index (κ3) is 4.23. The summed E-state index contributed by atoms with van der Waals surface area (Å²) in [5.74, 6) is -0.0542. The van der Waals surface area contributed by atoms with Crippen molar-refractivity contribution in [1.29, 1.82) is 0 Å². The molecule has 3 aromatic rings. The first-order chi connectivity index (χ1) is 14.1. The van der Waals surface area contributed by atoms with Gasteiger partial charge in [0.25, 0.3) is 0 Å². The average Bonchev–Trinajstić information content (AvgIpc) is 2.77. The summed E-state index contributed by atoms with van der Waals surface area (Å²) < 4.78 is 0. The van der Waals surface area contributed by atoms with E-state index in [1.807, 2.05) is 43.4 Å². The summed E-state index contributed by atoms with van der Waals surface area (Å²) in [6.07, 6.45) is 5.90. The topological polar surface area (TPSA) is 20.3 Å². The molecule has 1 heterocycles. The summed E-state index contributed by atoms with van der Waals surface area (Å²) >= 11 is 5.95. The number of hydrogen-bond acceptors (Lipinski definition) is 2. The lowest BCUT2D eigenvalue weighted by atomic mass is 9.96. The average molecular weight is 398 g/mol. The highest BCUT2D eigenvalue weighted by atomic mass is 35.5. The molecule has 0 N–H and O–H groups in total. The van der Waals surface area contributed by atoms with Gasteiger partial charge in [0, 0.05) is 35.1 Å². The van der Waals surface area contributed by atoms with E-state index in [1.165, 1.54) is 0 Å². The molecule has 0 saturated heterocycles. The molecule has 0 spiro atoms. The van der Waals surface area contributed by atoms with Crippen LogP contribution in [-0.2, 0) is 0 Å². The van der Waals surface area contributed by atoms with E-state index < -0.39 is 0 Å². The highest BCUT2D eigenvalue weighted by molar-refractivity contribution is 6.30. The summed E-state index contributed by atoms with van der Waals surface area (Å²) in [5.41, 5.74) is 5.77. The van der Waals surface area contributed by atoms with E-state index in [-0.39, 0.29) is 5.78 Å². The minimum absolute atomic E-state index is 0.0542. The van der Waals surface area contributed by atoms with Crippen LogP contribution < -0.4 is 0 Å². The number of rotatable bonds is 4. The van der Waals surface area contributed by atoms with Gasteiger partial charge in [-0.25, -0.2) is 0 Å². The van der Waals surface area contributed by atoms with Crippen LogP contribution in [0.15, 0.2) is 109 Å². The highest BCUT2D eigenvalue weighted by Crippen LogP contribution is 2.33. The molecule has 0 aliphatic carbocycles. The zero-order valence-corrected chi connectivity index (χ0v) is 16.8. The van der Waals surface area contributed by atoms with Gasteiger partial charge in [0.05, 0.1) is 0 Å². The molecule has 0 amide bonds. The van der Waals surface area contributed by atoms with E-state index in [2.05, 4.69) is 41.3 Å². The van der Waals surface area contributed by atoms with Crippen LogP contribution in [0.3, 0.4) is 0 Å². The lowest BCUT2D eigenvalue weighted by Gasteiger charge is -2.29. The fraction of sp³-hybridized carbons (Fsp3) is 0.0385. The van der Waals surface area contributed by atoms with Crippen LogP contribution in [0, 0.1) is 0 Å². The molecule has 0 bridgehead atoms. The third-order valence-electron chi connectivity index (χ3n) is 4.93. The van der Waals surface area contributed by atoms with Gasteiger partial charge in [-0.15, -0.1) is 0 Å². The monoisotopic (exact) mass is 397 g/mol. The van der Waals surface area contributed by atoms with Gasteiger partial charge >= 0.3 is 0 Å². The molecular weight excluding hydrogens is 378 g/mol. The highest BCUT2D eigenvalue weighted by Gasteiger charge is 2.19. The lowest BCUT2D eigenvalue weighted by Crippen LogP contribution is -2.19.